The predicted octanol–water partition coefficient (Wildman–Crippen LogP) is 3.94. The summed E-state index contributed by atoms with van der Waals surface area (Å²) >= 11 is 0. The highest BCUT2D eigenvalue weighted by atomic mass is 16.4. The van der Waals surface area contributed by atoms with Crippen molar-refractivity contribution in [3.8, 4) is 0 Å². The van der Waals surface area contributed by atoms with E-state index < -0.39 is 29.6 Å². The maximum absolute atomic E-state index is 12.2. The summed E-state index contributed by atoms with van der Waals surface area (Å²) in [4.78, 5) is 34.3. The van der Waals surface area contributed by atoms with Gasteiger partial charge < -0.3 is 16.6 Å². The first-order valence-electron chi connectivity index (χ1n) is 10.7. The van der Waals surface area contributed by atoms with Gasteiger partial charge >= 0.3 is 5.97 Å². The average molecular weight is 385 g/mol. The van der Waals surface area contributed by atoms with Crippen LogP contribution in [-0.4, -0.2) is 28.8 Å². The van der Waals surface area contributed by atoms with E-state index in [9.17, 15) is 19.5 Å². The Labute approximate surface area is 164 Å². The Kier molecular flexibility index (Phi) is 15.8. The third-order valence-corrected chi connectivity index (χ3v) is 5.06. The minimum Gasteiger partial charge on any atom is -0.481 e. The summed E-state index contributed by atoms with van der Waals surface area (Å²) in [6.07, 6.45) is 14.8. The monoisotopic (exact) mass is 384 g/mol. The molecule has 6 nitrogen and oxygen atoms in total. The summed E-state index contributed by atoms with van der Waals surface area (Å²) in [6.45, 7) is 2.23. The van der Waals surface area contributed by atoms with E-state index in [4.69, 9.17) is 11.5 Å². The van der Waals surface area contributed by atoms with Crippen LogP contribution in [0.4, 0.5) is 0 Å². The molecule has 0 aliphatic carbocycles. The molecule has 1 unspecified atom stereocenters. The SMILES string of the molecule is CCCCCCCCCCCCCCC(C(=O)O)C(=O)[C@@H](N)CCC(N)=O. The number of hydrogen-bond donors (Lipinski definition) is 3. The number of carboxylic acids is 1. The van der Waals surface area contributed by atoms with Crippen molar-refractivity contribution in [1.82, 2.24) is 0 Å². The van der Waals surface area contributed by atoms with E-state index in [1.54, 1.807) is 0 Å². The lowest BCUT2D eigenvalue weighted by molar-refractivity contribution is -0.147. The van der Waals surface area contributed by atoms with Crippen molar-refractivity contribution in [2.45, 2.75) is 109 Å². The van der Waals surface area contributed by atoms with Crippen LogP contribution in [0.25, 0.3) is 0 Å². The number of ketones is 1. The van der Waals surface area contributed by atoms with Crippen molar-refractivity contribution in [3.63, 3.8) is 0 Å². The highest BCUT2D eigenvalue weighted by Gasteiger charge is 2.29. The number of rotatable bonds is 19. The van der Waals surface area contributed by atoms with Gasteiger partial charge in [-0.2, -0.15) is 0 Å². The van der Waals surface area contributed by atoms with E-state index in [0.29, 0.717) is 12.8 Å². The molecule has 0 radical (unpaired) electrons. The fraction of sp³-hybridized carbons (Fsp3) is 0.857. The van der Waals surface area contributed by atoms with Crippen molar-refractivity contribution in [1.29, 1.82) is 0 Å². The van der Waals surface area contributed by atoms with Crippen LogP contribution in [0.1, 0.15) is 103 Å². The van der Waals surface area contributed by atoms with Crippen molar-refractivity contribution in [3.05, 3.63) is 0 Å². The fourth-order valence-corrected chi connectivity index (χ4v) is 3.28. The predicted molar refractivity (Wildman–Crippen MR) is 108 cm³/mol. The Morgan fingerprint density at radius 3 is 1.63 bits per heavy atom. The quantitative estimate of drug-likeness (QED) is 0.230. The van der Waals surface area contributed by atoms with Crippen molar-refractivity contribution >= 4 is 17.7 Å². The molecule has 5 N–H and O–H groups in total. The second-order valence-corrected chi connectivity index (χ2v) is 7.58. The van der Waals surface area contributed by atoms with E-state index in [2.05, 4.69) is 6.92 Å². The molecule has 2 atom stereocenters. The number of primary amides is 1. The van der Waals surface area contributed by atoms with E-state index in [0.717, 1.165) is 12.8 Å². The summed E-state index contributed by atoms with van der Waals surface area (Å²) in [6, 6.07) is -0.934. The number of carbonyl (C=O) groups is 3. The molecule has 0 saturated heterocycles. The first-order valence-corrected chi connectivity index (χ1v) is 10.7. The molecule has 0 aliphatic heterocycles. The summed E-state index contributed by atoms with van der Waals surface area (Å²) in [5, 5.41) is 9.28. The van der Waals surface area contributed by atoms with Gasteiger partial charge in [0.25, 0.3) is 0 Å². The maximum atomic E-state index is 12.2. The molecule has 0 heterocycles. The molecule has 27 heavy (non-hydrogen) atoms. The van der Waals surface area contributed by atoms with Crippen LogP contribution in [-0.2, 0) is 14.4 Å². The number of aliphatic carboxylic acids is 1. The molecular weight excluding hydrogens is 344 g/mol. The van der Waals surface area contributed by atoms with Crippen LogP contribution < -0.4 is 11.5 Å². The lowest BCUT2D eigenvalue weighted by Gasteiger charge is -2.16. The molecule has 0 aromatic carbocycles. The van der Waals surface area contributed by atoms with Gasteiger partial charge in [0.15, 0.2) is 5.78 Å². The van der Waals surface area contributed by atoms with Crippen LogP contribution in [0.15, 0.2) is 0 Å². The third kappa shape index (κ3) is 14.3. The zero-order valence-electron chi connectivity index (χ0n) is 17.1. The molecule has 0 saturated carbocycles. The van der Waals surface area contributed by atoms with Crippen molar-refractivity contribution < 1.29 is 19.5 Å². The summed E-state index contributed by atoms with van der Waals surface area (Å²) in [5.41, 5.74) is 10.8. The summed E-state index contributed by atoms with van der Waals surface area (Å²) in [5.74, 6) is -3.23. The molecular formula is C21H40N2O4. The first-order chi connectivity index (χ1) is 12.9. The molecule has 158 valence electrons. The van der Waals surface area contributed by atoms with Crippen LogP contribution in [0.5, 0.6) is 0 Å². The zero-order chi connectivity index (χ0) is 20.5. The Morgan fingerprint density at radius 2 is 1.22 bits per heavy atom. The number of carbonyl (C=O) groups excluding carboxylic acids is 2. The Morgan fingerprint density at radius 1 is 0.778 bits per heavy atom. The van der Waals surface area contributed by atoms with Gasteiger partial charge in [-0.05, 0) is 12.8 Å². The average Bonchev–Trinajstić information content (AvgIpc) is 2.62. The van der Waals surface area contributed by atoms with Gasteiger partial charge in [0.1, 0.15) is 5.92 Å². The van der Waals surface area contributed by atoms with Gasteiger partial charge in [0.05, 0.1) is 6.04 Å². The van der Waals surface area contributed by atoms with Gasteiger partial charge in [-0.25, -0.2) is 0 Å². The van der Waals surface area contributed by atoms with Gasteiger partial charge in [-0.15, -0.1) is 0 Å². The van der Waals surface area contributed by atoms with Crippen molar-refractivity contribution in [2.75, 3.05) is 0 Å². The standard InChI is InChI=1S/C21H40N2O4/c1-2-3-4-5-6-7-8-9-10-11-12-13-14-17(21(26)27)20(25)18(22)15-16-19(23)24/h17-18H,2-16,22H2,1H3,(H2,23,24)(H,26,27)/t17?,18-/m0/s1. The fourth-order valence-electron chi connectivity index (χ4n) is 3.28. The number of nitrogens with two attached hydrogens (primary N) is 2. The van der Waals surface area contributed by atoms with E-state index in [-0.39, 0.29) is 12.8 Å². The molecule has 0 rings (SSSR count). The van der Waals surface area contributed by atoms with E-state index in [1.165, 1.54) is 57.8 Å². The number of Topliss-reactive ketones (excluding diaryl/α,β-unsaturated/α-hetero) is 1. The minimum atomic E-state index is -1.13. The van der Waals surface area contributed by atoms with Crippen LogP contribution in [0.2, 0.25) is 0 Å². The van der Waals surface area contributed by atoms with Crippen LogP contribution in [0.3, 0.4) is 0 Å². The minimum absolute atomic E-state index is 0.00213. The van der Waals surface area contributed by atoms with E-state index >= 15 is 0 Å². The van der Waals surface area contributed by atoms with E-state index in [1.807, 2.05) is 0 Å². The number of amides is 1. The molecule has 0 aromatic rings. The molecule has 0 aliphatic rings. The largest absolute Gasteiger partial charge is 0.481 e. The Balaban J connectivity index is 3.80. The Bertz CT molecular complexity index is 426. The van der Waals surface area contributed by atoms with Gasteiger partial charge in [0.2, 0.25) is 5.91 Å². The smallest absolute Gasteiger partial charge is 0.314 e. The molecule has 6 heteroatoms. The van der Waals surface area contributed by atoms with Crippen molar-refractivity contribution in [2.24, 2.45) is 17.4 Å². The second-order valence-electron chi connectivity index (χ2n) is 7.58. The lowest BCUT2D eigenvalue weighted by atomic mass is 9.90. The maximum Gasteiger partial charge on any atom is 0.314 e. The second kappa shape index (κ2) is 16.7. The van der Waals surface area contributed by atoms with Gasteiger partial charge in [-0.1, -0.05) is 84.0 Å². The molecule has 0 aromatic heterocycles. The number of carboxylic acid groups (broad SMARTS) is 1. The normalized spacial score (nSPS) is 13.3. The van der Waals surface area contributed by atoms with Crippen LogP contribution >= 0.6 is 0 Å². The topological polar surface area (TPSA) is 123 Å². The highest BCUT2D eigenvalue weighted by molar-refractivity contribution is 6.01. The van der Waals surface area contributed by atoms with Gasteiger partial charge in [-0.3, -0.25) is 14.4 Å². The Hall–Kier alpha value is -1.43. The first kappa shape index (κ1) is 25.6. The number of unbranched alkanes of at least 4 members (excludes halogenated alkanes) is 11. The molecule has 0 bridgehead atoms. The van der Waals surface area contributed by atoms with Crippen LogP contribution in [0, 0.1) is 5.92 Å². The summed E-state index contributed by atoms with van der Waals surface area (Å²) in [7, 11) is 0. The van der Waals surface area contributed by atoms with Gasteiger partial charge in [0, 0.05) is 6.42 Å². The molecule has 0 fully saturated rings. The molecule has 0 spiro atoms. The number of hydrogen-bond acceptors (Lipinski definition) is 4. The lowest BCUT2D eigenvalue weighted by Crippen LogP contribution is -2.39. The zero-order valence-corrected chi connectivity index (χ0v) is 17.1. The molecule has 1 amide bonds. The third-order valence-electron chi connectivity index (χ3n) is 5.06. The highest BCUT2D eigenvalue weighted by Crippen LogP contribution is 2.17. The summed E-state index contributed by atoms with van der Waals surface area (Å²) < 4.78 is 0.